The Balaban J connectivity index is 4.66. The lowest BCUT2D eigenvalue weighted by Gasteiger charge is -2.29. The fraction of sp³-hybridized carbons (Fsp3) is 0.625. The van der Waals surface area contributed by atoms with Crippen LogP contribution >= 0.6 is 15.2 Å². The molecule has 0 saturated heterocycles. The van der Waals surface area contributed by atoms with E-state index < -0.39 is 32.6 Å². The lowest BCUT2D eigenvalue weighted by atomic mass is 10.1. The molecule has 0 radical (unpaired) electrons. The van der Waals surface area contributed by atoms with E-state index in [1.165, 1.54) is 0 Å². The van der Waals surface area contributed by atoms with E-state index in [0.717, 1.165) is 0 Å². The SMILES string of the molecule is C=C(CCCCC(O)(P(=O)(O)O)P(=O)(O)O)C(N)=O. The molecule has 112 valence electrons. The summed E-state index contributed by atoms with van der Waals surface area (Å²) in [5, 5.41) is 6.11. The van der Waals surface area contributed by atoms with Crippen LogP contribution < -0.4 is 5.73 Å². The van der Waals surface area contributed by atoms with E-state index in [9.17, 15) is 19.0 Å². The predicted molar refractivity (Wildman–Crippen MR) is 65.8 cm³/mol. The second-order valence-electron chi connectivity index (χ2n) is 4.04. The molecule has 7 N–H and O–H groups in total. The number of amides is 1. The van der Waals surface area contributed by atoms with Crippen LogP contribution in [0.5, 0.6) is 0 Å². The molecule has 0 saturated carbocycles. The maximum atomic E-state index is 11.0. The topological polar surface area (TPSA) is 178 Å². The molecule has 0 aromatic rings. The minimum Gasteiger partial charge on any atom is -0.368 e. The van der Waals surface area contributed by atoms with Gasteiger partial charge in [0.2, 0.25) is 5.91 Å². The first-order valence-electron chi connectivity index (χ1n) is 5.14. The molecule has 0 aliphatic heterocycles. The van der Waals surface area contributed by atoms with Crippen LogP contribution in [0.2, 0.25) is 0 Å². The molecule has 1 amide bonds. The number of primary amides is 1. The highest BCUT2D eigenvalue weighted by Crippen LogP contribution is 2.69. The molecule has 0 rings (SSSR count). The number of unbranched alkanes of at least 4 members (excludes halogenated alkanes) is 1. The first-order chi connectivity index (χ1) is 8.33. The fourth-order valence-electron chi connectivity index (χ4n) is 1.28. The third-order valence-electron chi connectivity index (χ3n) is 2.52. The molecule has 0 aromatic heterocycles. The highest BCUT2D eigenvalue weighted by atomic mass is 31.2. The van der Waals surface area contributed by atoms with Gasteiger partial charge < -0.3 is 30.4 Å². The molecule has 11 heteroatoms. The standard InChI is InChI=1S/C8H17NO8P2/c1-6(7(9)10)4-2-3-5-8(11,18(12,13)14)19(15,16)17/h11H,1-5H2,(H2,9,10)(H2,12,13,14)(H2,15,16,17). The molecule has 0 aromatic carbocycles. The summed E-state index contributed by atoms with van der Waals surface area (Å²) in [7, 11) is -10.8. The second-order valence-corrected chi connectivity index (χ2v) is 8.05. The number of hydrogen-bond acceptors (Lipinski definition) is 4. The Morgan fingerprint density at radius 1 is 1.11 bits per heavy atom. The number of hydrogen-bond donors (Lipinski definition) is 6. The molecule has 0 bridgehead atoms. The van der Waals surface area contributed by atoms with Crippen molar-refractivity contribution in [2.24, 2.45) is 5.73 Å². The summed E-state index contributed by atoms with van der Waals surface area (Å²) in [4.78, 5) is 46.0. The summed E-state index contributed by atoms with van der Waals surface area (Å²) < 4.78 is 22.0. The van der Waals surface area contributed by atoms with Gasteiger partial charge in [-0.15, -0.1) is 0 Å². The van der Waals surface area contributed by atoms with E-state index in [4.69, 9.17) is 25.3 Å². The van der Waals surface area contributed by atoms with Gasteiger partial charge in [-0.1, -0.05) is 6.58 Å². The number of carbonyl (C=O) groups is 1. The van der Waals surface area contributed by atoms with E-state index in [1.807, 2.05) is 0 Å². The van der Waals surface area contributed by atoms with Crippen LogP contribution in [0.1, 0.15) is 25.7 Å². The first kappa shape index (κ1) is 18.5. The molecule has 0 aliphatic carbocycles. The van der Waals surface area contributed by atoms with Crippen molar-refractivity contribution < 1.29 is 38.6 Å². The highest BCUT2D eigenvalue weighted by molar-refractivity contribution is 7.72. The van der Waals surface area contributed by atoms with Crippen molar-refractivity contribution in [2.75, 3.05) is 0 Å². The molecule has 19 heavy (non-hydrogen) atoms. The molecule has 0 unspecified atom stereocenters. The minimum absolute atomic E-state index is 0.0795. The van der Waals surface area contributed by atoms with Crippen LogP contribution in [0.3, 0.4) is 0 Å². The van der Waals surface area contributed by atoms with Crippen molar-refractivity contribution in [3.63, 3.8) is 0 Å². The normalized spacial score (nSPS) is 13.3. The van der Waals surface area contributed by atoms with Crippen LogP contribution in [0, 0.1) is 0 Å². The summed E-state index contributed by atoms with van der Waals surface area (Å²) in [5.74, 6) is -0.736. The van der Waals surface area contributed by atoms with E-state index in [-0.39, 0.29) is 24.8 Å². The zero-order valence-corrected chi connectivity index (χ0v) is 11.8. The van der Waals surface area contributed by atoms with Gasteiger partial charge in [-0.3, -0.25) is 13.9 Å². The molecule has 0 fully saturated rings. The smallest absolute Gasteiger partial charge is 0.368 e. The molecular weight excluding hydrogens is 300 g/mol. The number of carbonyl (C=O) groups excluding carboxylic acids is 1. The van der Waals surface area contributed by atoms with Crippen molar-refractivity contribution in [2.45, 2.75) is 30.8 Å². The van der Waals surface area contributed by atoms with Gasteiger partial charge in [0.1, 0.15) is 0 Å². The zero-order chi connectivity index (χ0) is 15.5. The van der Waals surface area contributed by atoms with Crippen molar-refractivity contribution in [3.8, 4) is 0 Å². The van der Waals surface area contributed by atoms with Crippen LogP contribution in [-0.2, 0) is 13.9 Å². The number of rotatable bonds is 8. The van der Waals surface area contributed by atoms with E-state index >= 15 is 0 Å². The molecule has 0 spiro atoms. The van der Waals surface area contributed by atoms with E-state index in [1.54, 1.807) is 0 Å². The summed E-state index contributed by atoms with van der Waals surface area (Å²) >= 11 is 0. The Labute approximate surface area is 109 Å². The predicted octanol–water partition coefficient (Wildman–Crippen LogP) is -0.410. The monoisotopic (exact) mass is 317 g/mol. The van der Waals surface area contributed by atoms with Gasteiger partial charge in [0, 0.05) is 5.57 Å². The van der Waals surface area contributed by atoms with E-state index in [0.29, 0.717) is 0 Å². The third-order valence-corrected chi connectivity index (χ3v) is 6.40. The lowest BCUT2D eigenvalue weighted by molar-refractivity contribution is -0.114. The van der Waals surface area contributed by atoms with Gasteiger partial charge >= 0.3 is 15.2 Å². The van der Waals surface area contributed by atoms with Crippen molar-refractivity contribution in [1.29, 1.82) is 0 Å². The van der Waals surface area contributed by atoms with Gasteiger partial charge in [-0.2, -0.15) is 0 Å². The summed E-state index contributed by atoms with van der Waals surface area (Å²) in [6.07, 6.45) is -0.690. The average molecular weight is 317 g/mol. The Morgan fingerprint density at radius 2 is 1.53 bits per heavy atom. The van der Waals surface area contributed by atoms with Gasteiger partial charge in [-0.25, -0.2) is 0 Å². The van der Waals surface area contributed by atoms with Crippen LogP contribution in [0.25, 0.3) is 0 Å². The van der Waals surface area contributed by atoms with Gasteiger partial charge in [0.15, 0.2) is 0 Å². The molecule has 0 aliphatic rings. The molecule has 9 nitrogen and oxygen atoms in total. The Kier molecular flexibility index (Phi) is 6.10. The Bertz CT molecular complexity index is 428. The summed E-state index contributed by atoms with van der Waals surface area (Å²) in [5.41, 5.74) is 4.99. The second kappa shape index (κ2) is 6.28. The fourth-order valence-corrected chi connectivity index (χ4v) is 3.54. The molecule has 0 atom stereocenters. The van der Waals surface area contributed by atoms with Crippen molar-refractivity contribution in [3.05, 3.63) is 12.2 Å². The quantitative estimate of drug-likeness (QED) is 0.198. The maximum Gasteiger partial charge on any atom is 0.369 e. The number of nitrogens with two attached hydrogens (primary N) is 1. The number of aliphatic hydroxyl groups is 1. The Morgan fingerprint density at radius 3 is 1.84 bits per heavy atom. The van der Waals surface area contributed by atoms with Gasteiger partial charge in [0.05, 0.1) is 0 Å². The van der Waals surface area contributed by atoms with Crippen LogP contribution in [0.15, 0.2) is 12.2 Å². The minimum atomic E-state index is -5.41. The summed E-state index contributed by atoms with van der Waals surface area (Å²) in [6, 6.07) is 0. The van der Waals surface area contributed by atoms with Gasteiger partial charge in [-0.05, 0) is 25.7 Å². The largest absolute Gasteiger partial charge is 0.369 e. The first-order valence-corrected chi connectivity index (χ1v) is 8.36. The maximum absolute atomic E-state index is 11.0. The molecular formula is C8H17NO8P2. The molecule has 0 heterocycles. The van der Waals surface area contributed by atoms with Crippen LogP contribution in [-0.4, -0.2) is 35.7 Å². The van der Waals surface area contributed by atoms with Crippen molar-refractivity contribution >= 4 is 21.1 Å². The van der Waals surface area contributed by atoms with Crippen LogP contribution in [0.4, 0.5) is 0 Å². The van der Waals surface area contributed by atoms with Crippen molar-refractivity contribution in [1.82, 2.24) is 0 Å². The summed E-state index contributed by atoms with van der Waals surface area (Å²) in [6.45, 7) is 3.34. The lowest BCUT2D eigenvalue weighted by Crippen LogP contribution is -2.28. The zero-order valence-electron chi connectivity index (χ0n) is 9.97. The van der Waals surface area contributed by atoms with E-state index in [2.05, 4.69) is 6.58 Å². The highest BCUT2D eigenvalue weighted by Gasteiger charge is 2.58. The Hall–Kier alpha value is -0.530. The third kappa shape index (κ3) is 4.81. The van der Waals surface area contributed by atoms with Gasteiger partial charge in [0.25, 0.3) is 5.08 Å². The average Bonchev–Trinajstić information content (AvgIpc) is 2.20.